The number of ether oxygens (including phenoxy) is 2. The molecule has 4 N–H and O–H groups in total. The molecule has 0 unspecified atom stereocenters. The summed E-state index contributed by atoms with van der Waals surface area (Å²) in [5.41, 5.74) is 8.38. The van der Waals surface area contributed by atoms with Gasteiger partial charge >= 0.3 is 0 Å². The largest absolute Gasteiger partial charge is 0.497 e. The monoisotopic (exact) mass is 370 g/mol. The van der Waals surface area contributed by atoms with Gasteiger partial charge in [-0.2, -0.15) is 0 Å². The number of hydrogen-bond acceptors (Lipinski definition) is 4. The molecule has 0 aromatic heterocycles. The van der Waals surface area contributed by atoms with E-state index >= 15 is 0 Å². The van der Waals surface area contributed by atoms with Gasteiger partial charge < -0.3 is 25.8 Å². The average molecular weight is 370 g/mol. The molecule has 0 spiro atoms. The van der Waals surface area contributed by atoms with Crippen LogP contribution in [0.2, 0.25) is 0 Å². The van der Waals surface area contributed by atoms with Crippen molar-refractivity contribution in [3.63, 3.8) is 0 Å². The van der Waals surface area contributed by atoms with Gasteiger partial charge in [-0.05, 0) is 29.8 Å². The van der Waals surface area contributed by atoms with E-state index in [0.717, 1.165) is 11.3 Å². The molecule has 7 nitrogen and oxygen atoms in total. The zero-order valence-corrected chi connectivity index (χ0v) is 16.1. The van der Waals surface area contributed by atoms with E-state index in [1.165, 1.54) is 0 Å². The molecular formula is C20H26N4O3. The van der Waals surface area contributed by atoms with Gasteiger partial charge in [0.05, 0.1) is 26.5 Å². The third kappa shape index (κ3) is 5.91. The van der Waals surface area contributed by atoms with E-state index in [9.17, 15) is 4.79 Å². The van der Waals surface area contributed by atoms with Gasteiger partial charge in [-0.15, -0.1) is 0 Å². The number of methoxy groups -OCH3 is 2. The third-order valence-electron chi connectivity index (χ3n) is 3.85. The van der Waals surface area contributed by atoms with Crippen molar-refractivity contribution in [2.24, 2.45) is 16.6 Å². The highest BCUT2D eigenvalue weighted by Gasteiger charge is 2.07. The lowest BCUT2D eigenvalue weighted by Crippen LogP contribution is -2.23. The number of aliphatic imine (C=N–C) groups is 1. The number of carbonyl (C=O) groups excluding carboxylic acids is 1. The Bertz CT molecular complexity index is 801. The Kier molecular flexibility index (Phi) is 7.05. The van der Waals surface area contributed by atoms with Gasteiger partial charge in [-0.3, -0.25) is 4.79 Å². The highest BCUT2D eigenvalue weighted by molar-refractivity contribution is 5.94. The Labute approximate surface area is 159 Å². The second kappa shape index (κ2) is 9.47. The van der Waals surface area contributed by atoms with Crippen molar-refractivity contribution in [3.05, 3.63) is 48.0 Å². The first-order valence-corrected chi connectivity index (χ1v) is 8.61. The molecule has 7 heteroatoms. The zero-order valence-electron chi connectivity index (χ0n) is 16.1. The normalized spacial score (nSPS) is 11.2. The fourth-order valence-electron chi connectivity index (χ4n) is 2.25. The molecule has 0 heterocycles. The fourth-order valence-corrected chi connectivity index (χ4v) is 2.25. The molecule has 0 aliphatic heterocycles. The number of guanidine groups is 1. The molecule has 0 saturated carbocycles. The maximum atomic E-state index is 11.7. The molecule has 0 radical (unpaired) electrons. The van der Waals surface area contributed by atoms with Crippen LogP contribution in [0.5, 0.6) is 11.5 Å². The van der Waals surface area contributed by atoms with Crippen molar-refractivity contribution in [3.8, 4) is 11.5 Å². The topological polar surface area (TPSA) is 98.0 Å². The Morgan fingerprint density at radius 3 is 2.37 bits per heavy atom. The maximum absolute atomic E-state index is 11.7. The van der Waals surface area contributed by atoms with Crippen LogP contribution in [0.25, 0.3) is 0 Å². The Morgan fingerprint density at radius 1 is 1.07 bits per heavy atom. The first-order chi connectivity index (χ1) is 12.9. The number of nitrogens with one attached hydrogen (secondary N) is 2. The van der Waals surface area contributed by atoms with E-state index in [1.54, 1.807) is 32.4 Å². The van der Waals surface area contributed by atoms with E-state index in [2.05, 4.69) is 15.6 Å². The number of nitrogens with two attached hydrogens (primary N) is 1. The summed E-state index contributed by atoms with van der Waals surface area (Å²) in [5.74, 6) is 1.51. The lowest BCUT2D eigenvalue weighted by Gasteiger charge is -2.12. The molecule has 0 fully saturated rings. The van der Waals surface area contributed by atoms with E-state index < -0.39 is 0 Å². The van der Waals surface area contributed by atoms with Gasteiger partial charge in [0.15, 0.2) is 5.96 Å². The van der Waals surface area contributed by atoms with E-state index in [-0.39, 0.29) is 17.8 Å². The summed E-state index contributed by atoms with van der Waals surface area (Å²) in [7, 11) is 3.18. The Morgan fingerprint density at radius 2 is 1.78 bits per heavy atom. The predicted octanol–water partition coefficient (Wildman–Crippen LogP) is 3.23. The lowest BCUT2D eigenvalue weighted by atomic mass is 10.2. The molecule has 0 atom stereocenters. The Hall–Kier alpha value is -3.22. The number of carbonyl (C=O) groups is 1. The molecule has 27 heavy (non-hydrogen) atoms. The first kappa shape index (κ1) is 20.1. The van der Waals surface area contributed by atoms with E-state index in [4.69, 9.17) is 15.2 Å². The van der Waals surface area contributed by atoms with Crippen LogP contribution in [0.1, 0.15) is 19.4 Å². The van der Waals surface area contributed by atoms with Crippen molar-refractivity contribution >= 4 is 23.2 Å². The van der Waals surface area contributed by atoms with Crippen LogP contribution in [0.3, 0.4) is 0 Å². The van der Waals surface area contributed by atoms with Crippen molar-refractivity contribution in [2.45, 2.75) is 20.4 Å². The number of rotatable bonds is 7. The summed E-state index contributed by atoms with van der Waals surface area (Å²) >= 11 is 0. The molecule has 2 rings (SSSR count). The van der Waals surface area contributed by atoms with Crippen LogP contribution in [0.15, 0.2) is 47.5 Å². The fraction of sp³-hybridized carbons (Fsp3) is 0.300. The minimum atomic E-state index is -0.0613. The molecule has 2 aromatic rings. The Balaban J connectivity index is 2.00. The molecule has 0 aliphatic rings. The van der Waals surface area contributed by atoms with Gasteiger partial charge in [0.25, 0.3) is 0 Å². The standard InChI is InChI=1S/C20H26N4O3/c1-13(2)19(25)23-15-7-5-14(6-8-15)12-22-20(21)24-17-11-16(26-3)9-10-18(17)27-4/h5-11,13H,12H2,1-4H3,(H,23,25)(H3,21,22,24). The SMILES string of the molecule is COc1ccc(OC)c(NC(N)=NCc2ccc(NC(=O)C(C)C)cc2)c1. The van der Waals surface area contributed by atoms with Crippen LogP contribution in [0.4, 0.5) is 11.4 Å². The number of hydrogen-bond donors (Lipinski definition) is 3. The predicted molar refractivity (Wildman–Crippen MR) is 108 cm³/mol. The summed E-state index contributed by atoms with van der Waals surface area (Å²) in [5, 5.41) is 5.87. The molecule has 1 amide bonds. The molecular weight excluding hydrogens is 344 g/mol. The molecule has 0 bridgehead atoms. The number of nitrogens with zero attached hydrogens (tertiary/aromatic N) is 1. The second-order valence-electron chi connectivity index (χ2n) is 6.23. The van der Waals surface area contributed by atoms with Crippen molar-refractivity contribution in [1.82, 2.24) is 0 Å². The van der Waals surface area contributed by atoms with E-state index in [0.29, 0.717) is 23.7 Å². The average Bonchev–Trinajstić information content (AvgIpc) is 2.67. The maximum Gasteiger partial charge on any atom is 0.226 e. The molecule has 0 saturated heterocycles. The molecule has 0 aliphatic carbocycles. The van der Waals surface area contributed by atoms with Crippen molar-refractivity contribution < 1.29 is 14.3 Å². The summed E-state index contributed by atoms with van der Waals surface area (Å²) in [6.07, 6.45) is 0. The van der Waals surface area contributed by atoms with Gasteiger partial charge in [0, 0.05) is 17.7 Å². The van der Waals surface area contributed by atoms with Crippen LogP contribution in [-0.2, 0) is 11.3 Å². The minimum Gasteiger partial charge on any atom is -0.497 e. The third-order valence-corrected chi connectivity index (χ3v) is 3.85. The minimum absolute atomic E-state index is 0.0125. The van der Waals surface area contributed by atoms with Gasteiger partial charge in [-0.25, -0.2) is 4.99 Å². The van der Waals surface area contributed by atoms with Crippen LogP contribution in [-0.4, -0.2) is 26.1 Å². The second-order valence-corrected chi connectivity index (χ2v) is 6.23. The van der Waals surface area contributed by atoms with Crippen LogP contribution in [0, 0.1) is 5.92 Å². The smallest absolute Gasteiger partial charge is 0.226 e. The molecule has 2 aromatic carbocycles. The van der Waals surface area contributed by atoms with Crippen molar-refractivity contribution in [1.29, 1.82) is 0 Å². The highest BCUT2D eigenvalue weighted by atomic mass is 16.5. The first-order valence-electron chi connectivity index (χ1n) is 8.61. The number of anilines is 2. The zero-order chi connectivity index (χ0) is 19.8. The summed E-state index contributed by atoms with van der Waals surface area (Å²) in [6.45, 7) is 4.11. The van der Waals surface area contributed by atoms with Gasteiger partial charge in [0.1, 0.15) is 11.5 Å². The van der Waals surface area contributed by atoms with Gasteiger partial charge in [-0.1, -0.05) is 26.0 Å². The van der Waals surface area contributed by atoms with Gasteiger partial charge in [0.2, 0.25) is 5.91 Å². The molecule has 144 valence electrons. The van der Waals surface area contributed by atoms with Crippen molar-refractivity contribution in [2.75, 3.05) is 24.9 Å². The lowest BCUT2D eigenvalue weighted by molar-refractivity contribution is -0.118. The van der Waals surface area contributed by atoms with Crippen LogP contribution < -0.4 is 25.8 Å². The summed E-state index contributed by atoms with van der Waals surface area (Å²) in [6, 6.07) is 12.9. The highest BCUT2D eigenvalue weighted by Crippen LogP contribution is 2.28. The van der Waals surface area contributed by atoms with E-state index in [1.807, 2.05) is 38.1 Å². The van der Waals surface area contributed by atoms with Crippen LogP contribution >= 0.6 is 0 Å². The summed E-state index contributed by atoms with van der Waals surface area (Å²) < 4.78 is 10.5. The number of amides is 1. The quantitative estimate of drug-likeness (QED) is 0.513. The summed E-state index contributed by atoms with van der Waals surface area (Å²) in [4.78, 5) is 16.0. The number of benzene rings is 2.